The van der Waals surface area contributed by atoms with E-state index in [2.05, 4.69) is 0 Å². The molecule has 1 fully saturated rings. The van der Waals surface area contributed by atoms with Crippen LogP contribution in [0, 0.1) is 16.7 Å². The number of aliphatic carboxylic acids is 1. The van der Waals surface area contributed by atoms with Gasteiger partial charge in [0.2, 0.25) is 0 Å². The van der Waals surface area contributed by atoms with Crippen LogP contribution in [0.2, 0.25) is 0 Å². The summed E-state index contributed by atoms with van der Waals surface area (Å²) < 4.78 is 0. The van der Waals surface area contributed by atoms with Crippen molar-refractivity contribution >= 4 is 12.3 Å². The summed E-state index contributed by atoms with van der Waals surface area (Å²) in [5.74, 6) is -1.19. The van der Waals surface area contributed by atoms with Gasteiger partial charge in [0.1, 0.15) is 11.7 Å². The maximum absolute atomic E-state index is 11.1. The fourth-order valence-corrected chi connectivity index (χ4v) is 2.19. The maximum atomic E-state index is 11.1. The summed E-state index contributed by atoms with van der Waals surface area (Å²) >= 11 is 0. The average molecular weight is 196 g/mol. The number of carboxylic acids is 1. The van der Waals surface area contributed by atoms with E-state index in [1.165, 1.54) is 0 Å². The Balaban J connectivity index is 3.09. The van der Waals surface area contributed by atoms with Crippen LogP contribution in [-0.4, -0.2) is 17.4 Å². The molecule has 0 saturated heterocycles. The fraction of sp³-hybridized carbons (Fsp3) is 0.636. The van der Waals surface area contributed by atoms with Gasteiger partial charge in [0.05, 0.1) is 0 Å². The number of aldehydes is 1. The van der Waals surface area contributed by atoms with Gasteiger partial charge in [0.25, 0.3) is 0 Å². The molecule has 0 aromatic rings. The molecule has 3 nitrogen and oxygen atoms in total. The lowest BCUT2D eigenvalue weighted by atomic mass is 9.98. The minimum Gasteiger partial charge on any atom is -0.480 e. The lowest BCUT2D eigenvalue weighted by Crippen LogP contribution is -2.22. The predicted molar refractivity (Wildman–Crippen MR) is 52.8 cm³/mol. The van der Waals surface area contributed by atoms with Crippen molar-refractivity contribution in [2.24, 2.45) is 16.7 Å². The Morgan fingerprint density at radius 2 is 1.86 bits per heavy atom. The van der Waals surface area contributed by atoms with Crippen LogP contribution in [0.5, 0.6) is 0 Å². The summed E-state index contributed by atoms with van der Waals surface area (Å²) in [6, 6.07) is 0. The van der Waals surface area contributed by atoms with Gasteiger partial charge in [-0.25, -0.2) is 0 Å². The van der Waals surface area contributed by atoms with Crippen LogP contribution in [0.25, 0.3) is 0 Å². The van der Waals surface area contributed by atoms with Gasteiger partial charge in [-0.1, -0.05) is 25.5 Å². The average Bonchev–Trinajstić information content (AvgIpc) is 2.48. The van der Waals surface area contributed by atoms with Gasteiger partial charge >= 0.3 is 5.97 Å². The fourth-order valence-electron chi connectivity index (χ4n) is 2.19. The number of carbonyl (C=O) groups excluding carboxylic acids is 1. The second-order valence-electron chi connectivity index (χ2n) is 4.74. The third-order valence-electron chi connectivity index (χ3n) is 3.29. The molecule has 1 N–H and O–H groups in total. The Hall–Kier alpha value is -1.12. The van der Waals surface area contributed by atoms with E-state index in [-0.39, 0.29) is 5.92 Å². The minimum absolute atomic E-state index is 0.171. The van der Waals surface area contributed by atoms with Crippen LogP contribution < -0.4 is 0 Å². The smallest absolute Gasteiger partial charge is 0.318 e. The lowest BCUT2D eigenvalue weighted by molar-refractivity contribution is -0.147. The van der Waals surface area contributed by atoms with Crippen molar-refractivity contribution in [1.82, 2.24) is 0 Å². The highest BCUT2D eigenvalue weighted by Crippen LogP contribution is 2.68. The van der Waals surface area contributed by atoms with Gasteiger partial charge < -0.3 is 9.90 Å². The Labute approximate surface area is 83.8 Å². The number of hydrogen-bond donors (Lipinski definition) is 1. The summed E-state index contributed by atoms with van der Waals surface area (Å²) in [4.78, 5) is 22.0. The number of carbonyl (C=O) groups is 2. The second kappa shape index (κ2) is 2.94. The SMILES string of the molecule is CC(C)=C[C@@H]1C(C)(C)[C@]1(C=O)C(=O)O. The van der Waals surface area contributed by atoms with E-state index in [1.807, 2.05) is 33.8 Å². The maximum Gasteiger partial charge on any atom is 0.318 e. The largest absolute Gasteiger partial charge is 0.480 e. The number of allylic oxidation sites excluding steroid dienone is 2. The molecule has 78 valence electrons. The Kier molecular flexibility index (Phi) is 2.30. The zero-order valence-corrected chi connectivity index (χ0v) is 9.00. The normalized spacial score (nSPS) is 33.3. The molecule has 0 aromatic carbocycles. The van der Waals surface area contributed by atoms with Crippen LogP contribution in [0.4, 0.5) is 0 Å². The first-order valence-electron chi connectivity index (χ1n) is 4.65. The molecule has 0 heterocycles. The van der Waals surface area contributed by atoms with E-state index < -0.39 is 16.8 Å². The van der Waals surface area contributed by atoms with Gasteiger partial charge in [0.15, 0.2) is 0 Å². The molecule has 0 aliphatic heterocycles. The highest BCUT2D eigenvalue weighted by atomic mass is 16.4. The Bertz CT molecular complexity index is 310. The molecule has 2 atom stereocenters. The van der Waals surface area contributed by atoms with Crippen molar-refractivity contribution in [3.63, 3.8) is 0 Å². The molecule has 0 unspecified atom stereocenters. The topological polar surface area (TPSA) is 54.4 Å². The number of rotatable bonds is 3. The first kappa shape index (κ1) is 11.0. The van der Waals surface area contributed by atoms with E-state index in [0.29, 0.717) is 6.29 Å². The molecule has 1 saturated carbocycles. The molecule has 1 aliphatic rings. The van der Waals surface area contributed by atoms with E-state index in [4.69, 9.17) is 5.11 Å². The molecule has 0 aromatic heterocycles. The van der Waals surface area contributed by atoms with Gasteiger partial charge in [-0.2, -0.15) is 0 Å². The molecule has 0 radical (unpaired) electrons. The molecule has 3 heteroatoms. The molecule has 0 spiro atoms. The lowest BCUT2D eigenvalue weighted by Gasteiger charge is -2.05. The number of carboxylic acid groups (broad SMARTS) is 1. The van der Waals surface area contributed by atoms with E-state index in [0.717, 1.165) is 5.57 Å². The highest BCUT2D eigenvalue weighted by molar-refractivity contribution is 5.98. The van der Waals surface area contributed by atoms with Crippen LogP contribution in [0.15, 0.2) is 11.6 Å². The van der Waals surface area contributed by atoms with Crippen molar-refractivity contribution in [1.29, 1.82) is 0 Å². The van der Waals surface area contributed by atoms with Gasteiger partial charge in [-0.3, -0.25) is 4.79 Å². The molecule has 0 bridgehead atoms. The third kappa shape index (κ3) is 1.11. The monoisotopic (exact) mass is 196 g/mol. The van der Waals surface area contributed by atoms with E-state index in [1.54, 1.807) is 0 Å². The molecule has 1 aliphatic carbocycles. The summed E-state index contributed by atoms with van der Waals surface area (Å²) in [6.45, 7) is 7.46. The van der Waals surface area contributed by atoms with E-state index >= 15 is 0 Å². The standard InChI is InChI=1S/C11H16O3/c1-7(2)5-8-10(3,4)11(8,6-12)9(13)14/h5-6,8H,1-4H3,(H,13,14)/t8-,11+/m1/s1. The summed E-state index contributed by atoms with van der Waals surface area (Å²) in [6.07, 6.45) is 2.46. The molecule has 14 heavy (non-hydrogen) atoms. The van der Waals surface area contributed by atoms with Crippen LogP contribution in [0.1, 0.15) is 27.7 Å². The zero-order chi connectivity index (χ0) is 11.1. The quantitative estimate of drug-likeness (QED) is 0.426. The molecular formula is C11H16O3. The first-order chi connectivity index (χ1) is 6.30. The third-order valence-corrected chi connectivity index (χ3v) is 3.29. The summed E-state index contributed by atoms with van der Waals surface area (Å²) in [5, 5.41) is 9.06. The van der Waals surface area contributed by atoms with Crippen LogP contribution >= 0.6 is 0 Å². The Morgan fingerprint density at radius 3 is 2.07 bits per heavy atom. The van der Waals surface area contributed by atoms with Crippen molar-refractivity contribution in [3.8, 4) is 0 Å². The van der Waals surface area contributed by atoms with Crippen molar-refractivity contribution < 1.29 is 14.7 Å². The molecule has 0 amide bonds. The zero-order valence-electron chi connectivity index (χ0n) is 9.00. The van der Waals surface area contributed by atoms with Crippen molar-refractivity contribution in [2.45, 2.75) is 27.7 Å². The molecule has 1 rings (SSSR count). The Morgan fingerprint density at radius 1 is 1.36 bits per heavy atom. The van der Waals surface area contributed by atoms with Crippen molar-refractivity contribution in [3.05, 3.63) is 11.6 Å². The van der Waals surface area contributed by atoms with E-state index in [9.17, 15) is 9.59 Å². The highest BCUT2D eigenvalue weighted by Gasteiger charge is 2.75. The minimum atomic E-state index is -1.20. The van der Waals surface area contributed by atoms with Crippen LogP contribution in [-0.2, 0) is 9.59 Å². The van der Waals surface area contributed by atoms with Gasteiger partial charge in [-0.15, -0.1) is 0 Å². The summed E-state index contributed by atoms with van der Waals surface area (Å²) in [7, 11) is 0. The molecular weight excluding hydrogens is 180 g/mol. The second-order valence-corrected chi connectivity index (χ2v) is 4.74. The van der Waals surface area contributed by atoms with Crippen molar-refractivity contribution in [2.75, 3.05) is 0 Å². The van der Waals surface area contributed by atoms with Gasteiger partial charge in [0, 0.05) is 5.92 Å². The predicted octanol–water partition coefficient (Wildman–Crippen LogP) is 1.88. The van der Waals surface area contributed by atoms with Gasteiger partial charge in [-0.05, 0) is 19.3 Å². The first-order valence-corrected chi connectivity index (χ1v) is 4.65. The van der Waals surface area contributed by atoms with Crippen LogP contribution in [0.3, 0.4) is 0 Å². The summed E-state index contributed by atoms with van der Waals surface area (Å²) in [5.41, 5.74) is -0.615. The number of hydrogen-bond acceptors (Lipinski definition) is 2.